The smallest absolute Gasteiger partial charge is 0.342 e. The zero-order chi connectivity index (χ0) is 21.6. The number of esters is 1. The minimum absolute atomic E-state index is 0.00533. The largest absolute Gasteiger partial charge is 0.507 e. The number of benzene rings is 1. The van der Waals surface area contributed by atoms with E-state index in [1.54, 1.807) is 13.0 Å². The molecule has 0 bridgehead atoms. The lowest BCUT2D eigenvalue weighted by Gasteiger charge is -2.18. The molecule has 29 heavy (non-hydrogen) atoms. The number of halogens is 1. The molecule has 3 atom stereocenters. The van der Waals surface area contributed by atoms with Gasteiger partial charge in [0.15, 0.2) is 0 Å². The van der Waals surface area contributed by atoms with Crippen molar-refractivity contribution >= 4 is 29.4 Å². The highest BCUT2D eigenvalue weighted by Gasteiger charge is 2.24. The Hall–Kier alpha value is -2.39. The number of nitrogens with zero attached hydrogens (tertiary/aromatic N) is 1. The molecule has 0 amide bonds. The third-order valence-electron chi connectivity index (χ3n) is 4.24. The van der Waals surface area contributed by atoms with Gasteiger partial charge in [0, 0.05) is 25.2 Å². The van der Waals surface area contributed by atoms with E-state index < -0.39 is 35.8 Å². The number of hydrogen-bond donors (Lipinski definition) is 4. The van der Waals surface area contributed by atoms with Crippen LogP contribution in [0, 0.1) is 0 Å². The van der Waals surface area contributed by atoms with Gasteiger partial charge in [0.25, 0.3) is 0 Å². The van der Waals surface area contributed by atoms with E-state index in [1.165, 1.54) is 25.3 Å². The van der Waals surface area contributed by atoms with E-state index >= 15 is 0 Å². The second-order valence-corrected chi connectivity index (χ2v) is 6.90. The Kier molecular flexibility index (Phi) is 8.21. The molecule has 0 aromatic heterocycles. The predicted molar refractivity (Wildman–Crippen MR) is 108 cm³/mol. The van der Waals surface area contributed by atoms with Gasteiger partial charge in [-0.1, -0.05) is 29.8 Å². The SMILES string of the molecule is COCN=C1/C=C\C[C@H](C)OC(=O)c2c(O)cc(O)c(Cl)c2/C=C/C[C@H](O)[C@@H]1O. The van der Waals surface area contributed by atoms with E-state index in [0.717, 1.165) is 6.07 Å². The van der Waals surface area contributed by atoms with Gasteiger partial charge < -0.3 is 29.9 Å². The van der Waals surface area contributed by atoms with Crippen molar-refractivity contribution in [3.63, 3.8) is 0 Å². The van der Waals surface area contributed by atoms with Crippen LogP contribution in [0.25, 0.3) is 6.08 Å². The van der Waals surface area contributed by atoms with E-state index in [4.69, 9.17) is 21.1 Å². The number of phenolic OH excluding ortho intramolecular Hbond substituents is 2. The number of ether oxygens (including phenoxy) is 2. The van der Waals surface area contributed by atoms with Gasteiger partial charge in [0.1, 0.15) is 36.0 Å². The summed E-state index contributed by atoms with van der Waals surface area (Å²) < 4.78 is 10.2. The normalized spacial score (nSPS) is 27.0. The molecule has 1 aliphatic heterocycles. The van der Waals surface area contributed by atoms with Gasteiger partial charge in [-0.25, -0.2) is 4.79 Å². The third-order valence-corrected chi connectivity index (χ3v) is 4.63. The molecule has 0 saturated carbocycles. The zero-order valence-corrected chi connectivity index (χ0v) is 16.8. The Labute approximate surface area is 173 Å². The summed E-state index contributed by atoms with van der Waals surface area (Å²) >= 11 is 6.11. The lowest BCUT2D eigenvalue weighted by Crippen LogP contribution is -2.33. The molecule has 0 unspecified atom stereocenters. The number of aliphatic imine (C=N–C) groups is 1. The molecule has 1 aliphatic rings. The third kappa shape index (κ3) is 5.80. The number of methoxy groups -OCH3 is 1. The standard InChI is InChI=1S/C20H24ClNO7/c1-11-5-3-7-13(22-10-28-2)19(26)14(23)8-4-6-12-17(20(27)29-11)15(24)9-16(25)18(12)21/h3-4,6-7,9,11,14,19,23-26H,5,8,10H2,1-2H3/b6-4+,7-3-,22-13?/t11-,14-,19+/m0/s1. The number of aromatic hydroxyl groups is 2. The average Bonchev–Trinajstić information content (AvgIpc) is 2.66. The fraction of sp³-hybridized carbons (Fsp3) is 0.400. The monoisotopic (exact) mass is 425 g/mol. The summed E-state index contributed by atoms with van der Waals surface area (Å²) in [5.74, 6) is -1.70. The fourth-order valence-electron chi connectivity index (χ4n) is 2.73. The van der Waals surface area contributed by atoms with E-state index in [-0.39, 0.29) is 41.4 Å². The molecule has 0 radical (unpaired) electrons. The van der Waals surface area contributed by atoms with Crippen molar-refractivity contribution in [1.82, 2.24) is 0 Å². The van der Waals surface area contributed by atoms with Crippen molar-refractivity contribution in [3.8, 4) is 11.5 Å². The lowest BCUT2D eigenvalue weighted by molar-refractivity contribution is 0.0344. The van der Waals surface area contributed by atoms with Crippen molar-refractivity contribution in [1.29, 1.82) is 0 Å². The quantitative estimate of drug-likeness (QED) is 0.535. The van der Waals surface area contributed by atoms with E-state index in [2.05, 4.69) is 4.99 Å². The van der Waals surface area contributed by atoms with Gasteiger partial charge in [0.05, 0.1) is 16.8 Å². The Morgan fingerprint density at radius 2 is 1.90 bits per heavy atom. The highest BCUT2D eigenvalue weighted by atomic mass is 35.5. The maximum atomic E-state index is 12.6. The molecule has 2 rings (SSSR count). The topological polar surface area (TPSA) is 129 Å². The minimum atomic E-state index is -1.28. The van der Waals surface area contributed by atoms with Crippen LogP contribution in [0.15, 0.2) is 29.3 Å². The van der Waals surface area contributed by atoms with E-state index in [1.807, 2.05) is 0 Å². The molecule has 0 aliphatic carbocycles. The molecular weight excluding hydrogens is 402 g/mol. The van der Waals surface area contributed by atoms with Crippen LogP contribution in [0.3, 0.4) is 0 Å². The first kappa shape index (κ1) is 22.9. The Morgan fingerprint density at radius 3 is 2.59 bits per heavy atom. The van der Waals surface area contributed by atoms with E-state index in [9.17, 15) is 25.2 Å². The molecular formula is C20H24ClNO7. The Morgan fingerprint density at radius 1 is 1.21 bits per heavy atom. The number of aliphatic hydroxyl groups is 2. The number of aliphatic hydroxyl groups excluding tert-OH is 2. The zero-order valence-electron chi connectivity index (χ0n) is 16.1. The average molecular weight is 426 g/mol. The first-order valence-corrected chi connectivity index (χ1v) is 9.31. The van der Waals surface area contributed by atoms with Gasteiger partial charge in [0.2, 0.25) is 0 Å². The van der Waals surface area contributed by atoms with Crippen LogP contribution in [0.1, 0.15) is 35.7 Å². The fourth-order valence-corrected chi connectivity index (χ4v) is 2.94. The molecule has 0 saturated heterocycles. The summed E-state index contributed by atoms with van der Waals surface area (Å²) in [5.41, 5.74) is 0.0651. The molecule has 0 fully saturated rings. The number of fused-ring (bicyclic) bond motifs is 1. The molecule has 9 heteroatoms. The number of cyclic esters (lactones) is 1. The van der Waals surface area contributed by atoms with Gasteiger partial charge in [-0.15, -0.1) is 0 Å². The summed E-state index contributed by atoms with van der Waals surface area (Å²) in [6.45, 7) is 1.66. The highest BCUT2D eigenvalue weighted by Crippen LogP contribution is 2.37. The second-order valence-electron chi connectivity index (χ2n) is 6.52. The first-order chi connectivity index (χ1) is 13.8. The maximum Gasteiger partial charge on any atom is 0.342 e. The summed E-state index contributed by atoms with van der Waals surface area (Å²) in [5, 5.41) is 40.6. The number of rotatable bonds is 2. The van der Waals surface area contributed by atoms with Crippen molar-refractivity contribution in [2.75, 3.05) is 13.8 Å². The minimum Gasteiger partial charge on any atom is -0.507 e. The molecule has 1 aromatic carbocycles. The second kappa shape index (κ2) is 10.4. The van der Waals surface area contributed by atoms with Gasteiger partial charge in [-0.3, -0.25) is 4.99 Å². The van der Waals surface area contributed by atoms with Crippen molar-refractivity contribution in [3.05, 3.63) is 40.4 Å². The Balaban J connectivity index is 2.48. The van der Waals surface area contributed by atoms with Crippen LogP contribution in [0.2, 0.25) is 5.02 Å². The molecule has 8 nitrogen and oxygen atoms in total. The maximum absolute atomic E-state index is 12.6. The number of carbonyl (C=O) groups is 1. The number of carbonyl (C=O) groups excluding carboxylic acids is 1. The van der Waals surface area contributed by atoms with Gasteiger partial charge in [-0.05, 0) is 19.4 Å². The number of phenols is 2. The summed E-state index contributed by atoms with van der Waals surface area (Å²) in [6, 6.07) is 0.959. The molecule has 1 aromatic rings. The highest BCUT2D eigenvalue weighted by molar-refractivity contribution is 6.34. The molecule has 4 N–H and O–H groups in total. The van der Waals surface area contributed by atoms with Crippen LogP contribution in [0.5, 0.6) is 11.5 Å². The first-order valence-electron chi connectivity index (χ1n) is 8.94. The summed E-state index contributed by atoms with van der Waals surface area (Å²) in [6.07, 6.45) is 3.23. The van der Waals surface area contributed by atoms with Crippen molar-refractivity contribution in [2.45, 2.75) is 38.1 Å². The molecule has 1 heterocycles. The summed E-state index contributed by atoms with van der Waals surface area (Å²) in [4.78, 5) is 16.7. The van der Waals surface area contributed by atoms with Crippen LogP contribution in [-0.2, 0) is 9.47 Å². The lowest BCUT2D eigenvalue weighted by atomic mass is 10.0. The number of hydrogen-bond acceptors (Lipinski definition) is 8. The molecule has 0 spiro atoms. The van der Waals surface area contributed by atoms with Gasteiger partial charge in [-0.2, -0.15) is 0 Å². The van der Waals surface area contributed by atoms with E-state index in [0.29, 0.717) is 0 Å². The summed E-state index contributed by atoms with van der Waals surface area (Å²) in [7, 11) is 1.45. The van der Waals surface area contributed by atoms with Crippen LogP contribution < -0.4 is 0 Å². The molecule has 158 valence electrons. The van der Waals surface area contributed by atoms with Crippen LogP contribution in [0.4, 0.5) is 0 Å². The van der Waals surface area contributed by atoms with Crippen LogP contribution >= 0.6 is 11.6 Å². The van der Waals surface area contributed by atoms with Crippen LogP contribution in [-0.4, -0.2) is 64.3 Å². The van der Waals surface area contributed by atoms with Crippen molar-refractivity contribution < 1.29 is 34.7 Å². The van der Waals surface area contributed by atoms with Crippen molar-refractivity contribution in [2.24, 2.45) is 4.99 Å². The Bertz CT molecular complexity index is 835. The van der Waals surface area contributed by atoms with Gasteiger partial charge >= 0.3 is 5.97 Å². The predicted octanol–water partition coefficient (Wildman–Crippen LogP) is 2.43.